The van der Waals surface area contributed by atoms with Gasteiger partial charge >= 0.3 is 5.97 Å². The van der Waals surface area contributed by atoms with Crippen molar-refractivity contribution >= 4 is 5.97 Å². The average Bonchev–Trinajstić information content (AvgIpc) is 3.34. The first-order valence-corrected chi connectivity index (χ1v) is 17.8. The van der Waals surface area contributed by atoms with Crippen LogP contribution in [0.3, 0.4) is 0 Å². The molecule has 0 radical (unpaired) electrons. The summed E-state index contributed by atoms with van der Waals surface area (Å²) in [4.78, 5) is 16.1. The van der Waals surface area contributed by atoms with Gasteiger partial charge in [0.25, 0.3) is 0 Å². The van der Waals surface area contributed by atoms with Crippen LogP contribution < -0.4 is 0 Å². The second-order valence-corrected chi connectivity index (χ2v) is 15.6. The molecule has 2 bridgehead atoms. The van der Waals surface area contributed by atoms with E-state index in [4.69, 9.17) is 33.2 Å². The zero-order chi connectivity index (χ0) is 35.9. The summed E-state index contributed by atoms with van der Waals surface area (Å²) in [5.41, 5.74) is 0.334. The molecule has 2 saturated heterocycles. The highest BCUT2D eigenvalue weighted by atomic mass is 16.7. The largest absolute Gasteiger partial charge is 0.479 e. The van der Waals surface area contributed by atoms with Gasteiger partial charge in [0.1, 0.15) is 24.1 Å². The van der Waals surface area contributed by atoms with Crippen LogP contribution in [0.25, 0.3) is 0 Å². The summed E-state index contributed by atoms with van der Waals surface area (Å²) in [5, 5.41) is 22.4. The van der Waals surface area contributed by atoms with Gasteiger partial charge in [-0.05, 0) is 105 Å². The van der Waals surface area contributed by atoms with Gasteiger partial charge in [-0.15, -0.1) is 0 Å². The molecule has 4 aliphatic heterocycles. The maximum atomic E-state index is 14.1. The Bertz CT molecular complexity index is 1190. The number of fused-ring (bicyclic) bond motifs is 2. The molecule has 0 unspecified atom stereocenters. The third-order valence-corrected chi connectivity index (χ3v) is 11.3. The molecular formula is C37H63NO10. The fourth-order valence-corrected chi connectivity index (χ4v) is 8.33. The van der Waals surface area contributed by atoms with Crippen LogP contribution in [0.1, 0.15) is 94.9 Å². The zero-order valence-electron chi connectivity index (χ0n) is 31.5. The number of hydrogen-bond donors (Lipinski definition) is 2. The van der Waals surface area contributed by atoms with Gasteiger partial charge in [0, 0.05) is 25.5 Å². The molecule has 0 amide bonds. The number of methoxy groups -OCH3 is 1. The van der Waals surface area contributed by atoms with E-state index in [1.165, 1.54) is 0 Å². The molecular weight excluding hydrogens is 618 g/mol. The highest BCUT2D eigenvalue weighted by Gasteiger charge is 2.50. The summed E-state index contributed by atoms with van der Waals surface area (Å²) in [7, 11) is 5.46. The Morgan fingerprint density at radius 2 is 1.69 bits per heavy atom. The number of hydrogen-bond acceptors (Lipinski definition) is 11. The Morgan fingerprint density at radius 3 is 2.29 bits per heavy atom. The minimum Gasteiger partial charge on any atom is -0.479 e. The summed E-state index contributed by atoms with van der Waals surface area (Å²) < 4.78 is 44.7. The quantitative estimate of drug-likeness (QED) is 0.363. The molecule has 0 spiro atoms. The number of carbonyl (C=O) groups excluding carboxylic acids is 1. The number of aliphatic hydroxyl groups is 2. The number of likely N-dealkylation sites (N-methyl/N-ethyl adjacent to an activating group) is 1. The highest BCUT2D eigenvalue weighted by Crippen LogP contribution is 2.42. The first-order chi connectivity index (χ1) is 22.3. The van der Waals surface area contributed by atoms with Crippen molar-refractivity contribution in [2.24, 2.45) is 17.8 Å². The summed E-state index contributed by atoms with van der Waals surface area (Å²) in [5.74, 6) is -0.833. The van der Waals surface area contributed by atoms with E-state index in [1.807, 2.05) is 67.5 Å². The Hall–Kier alpha value is -1.57. The number of nitrogens with zero attached hydrogens (tertiary/aromatic N) is 1. The van der Waals surface area contributed by atoms with Gasteiger partial charge in [-0.1, -0.05) is 20.8 Å². The third kappa shape index (κ3) is 7.99. The average molecular weight is 682 g/mol. The molecule has 11 heteroatoms. The lowest BCUT2D eigenvalue weighted by Crippen LogP contribution is -2.58. The molecule has 4 rings (SSSR count). The number of ether oxygens (including phenoxy) is 7. The van der Waals surface area contributed by atoms with Gasteiger partial charge in [0.2, 0.25) is 0 Å². The minimum atomic E-state index is -0.912. The van der Waals surface area contributed by atoms with Gasteiger partial charge < -0.3 is 48.3 Å². The first-order valence-electron chi connectivity index (χ1n) is 17.8. The van der Waals surface area contributed by atoms with E-state index in [0.717, 1.165) is 16.9 Å². The van der Waals surface area contributed by atoms with E-state index < -0.39 is 78.2 Å². The van der Waals surface area contributed by atoms with E-state index in [-0.39, 0.29) is 24.5 Å². The summed E-state index contributed by atoms with van der Waals surface area (Å²) in [6.45, 7) is 19.6. The lowest BCUT2D eigenvalue weighted by Gasteiger charge is -2.47. The minimum absolute atomic E-state index is 0.101. The van der Waals surface area contributed by atoms with Crippen molar-refractivity contribution in [1.82, 2.24) is 4.90 Å². The van der Waals surface area contributed by atoms with Gasteiger partial charge in [-0.2, -0.15) is 0 Å². The van der Waals surface area contributed by atoms with Crippen LogP contribution in [0, 0.1) is 17.8 Å². The topological polar surface area (TPSA) is 125 Å². The maximum absolute atomic E-state index is 14.1. The number of esters is 1. The lowest BCUT2D eigenvalue weighted by atomic mass is 9.81. The summed E-state index contributed by atoms with van der Waals surface area (Å²) in [6.07, 6.45) is -1.69. The van der Waals surface area contributed by atoms with Gasteiger partial charge in [-0.25, -0.2) is 0 Å². The smallest absolute Gasteiger partial charge is 0.311 e. The van der Waals surface area contributed by atoms with Crippen LogP contribution in [0.5, 0.6) is 0 Å². The van der Waals surface area contributed by atoms with E-state index in [1.54, 1.807) is 14.0 Å². The fourth-order valence-electron chi connectivity index (χ4n) is 8.33. The van der Waals surface area contributed by atoms with Gasteiger partial charge in [0.15, 0.2) is 18.2 Å². The molecule has 11 nitrogen and oxygen atoms in total. The predicted molar refractivity (Wildman–Crippen MR) is 181 cm³/mol. The summed E-state index contributed by atoms with van der Waals surface area (Å²) in [6, 6.07) is -0.150. The van der Waals surface area contributed by atoms with Crippen molar-refractivity contribution in [1.29, 1.82) is 0 Å². The van der Waals surface area contributed by atoms with Crippen LogP contribution in [0.15, 0.2) is 23.0 Å². The van der Waals surface area contributed by atoms with E-state index in [0.29, 0.717) is 19.3 Å². The van der Waals surface area contributed by atoms with Crippen LogP contribution in [0.4, 0.5) is 0 Å². The van der Waals surface area contributed by atoms with E-state index in [2.05, 4.69) is 19.9 Å². The number of carbonyl (C=O) groups is 1. The first kappa shape index (κ1) is 39.2. The van der Waals surface area contributed by atoms with Crippen molar-refractivity contribution in [3.63, 3.8) is 0 Å². The molecule has 0 aromatic carbocycles. The molecule has 15 atom stereocenters. The van der Waals surface area contributed by atoms with Crippen molar-refractivity contribution in [2.75, 3.05) is 21.2 Å². The van der Waals surface area contributed by atoms with Gasteiger partial charge in [-0.3, -0.25) is 4.79 Å². The van der Waals surface area contributed by atoms with Crippen molar-refractivity contribution in [3.05, 3.63) is 23.0 Å². The Kier molecular flexibility index (Phi) is 12.5. The number of aliphatic hydroxyl groups excluding tert-OH is 2. The second-order valence-electron chi connectivity index (χ2n) is 15.6. The van der Waals surface area contributed by atoms with Crippen LogP contribution >= 0.6 is 0 Å². The van der Waals surface area contributed by atoms with Crippen LogP contribution in [0.2, 0.25) is 0 Å². The zero-order valence-corrected chi connectivity index (χ0v) is 31.5. The molecule has 2 fully saturated rings. The fraction of sp³-hybridized carbons (Fsp3) is 0.865. The third-order valence-electron chi connectivity index (χ3n) is 11.3. The molecule has 276 valence electrons. The van der Waals surface area contributed by atoms with Crippen LogP contribution in [-0.4, -0.2) is 115 Å². The van der Waals surface area contributed by atoms with E-state index >= 15 is 0 Å². The predicted octanol–water partition coefficient (Wildman–Crippen LogP) is 4.73. The number of allylic oxidation sites excluding steroid dienone is 2. The Labute approximate surface area is 288 Å². The van der Waals surface area contributed by atoms with Crippen molar-refractivity contribution in [2.45, 2.75) is 167 Å². The van der Waals surface area contributed by atoms with Crippen LogP contribution in [-0.2, 0) is 38.0 Å². The SMILES string of the molecule is CC[C@H]1OC(=O)[C@H](C)[C@@H](O[C@H]2C[C@@](C)(OC)[C@@H](O)[C@H](C)O2)[C@H](C)[C@@H](O[C@@H]2O[C@H](C)C[C@H](N(C)C)[C@H]2O)[C@@H](C)C/C(C)=C2\O[C@@]1(C)C=C2C. The number of rotatable bonds is 7. The normalized spacial score (nSPS) is 47.8. The molecule has 0 saturated carbocycles. The molecule has 0 aliphatic carbocycles. The molecule has 2 N–H and O–H groups in total. The second kappa shape index (κ2) is 15.4. The molecule has 0 aromatic heterocycles. The van der Waals surface area contributed by atoms with Gasteiger partial charge in [0.05, 0.1) is 35.9 Å². The van der Waals surface area contributed by atoms with E-state index in [9.17, 15) is 15.0 Å². The van der Waals surface area contributed by atoms with Crippen molar-refractivity contribution in [3.8, 4) is 0 Å². The lowest BCUT2D eigenvalue weighted by molar-refractivity contribution is -0.308. The molecule has 4 heterocycles. The molecule has 4 aliphatic rings. The number of cyclic esters (lactones) is 1. The maximum Gasteiger partial charge on any atom is 0.311 e. The van der Waals surface area contributed by atoms with Crippen molar-refractivity contribution < 1.29 is 48.2 Å². The highest BCUT2D eigenvalue weighted by molar-refractivity contribution is 5.73. The standard InChI is InChI=1S/C37H63NO10/c1-14-27-36(9)17-21(4)30(48-36)19(2)15-20(3)31(47-35-29(39)26(38(11)12)16-22(5)43-35)23(6)32(24(7)34(41)45-27)46-28-18-37(10,42-13)33(40)25(8)44-28/h17,20,22-29,31-33,35,39-40H,14-16,18H2,1-13H3/b30-19-/t20-,22+,23+,24+,25-,26-,27+,28-,29+,31-,32-,33-,35-,36-,37+/m0/s1. The Balaban J connectivity index is 1.78. The molecule has 0 aromatic rings. The Morgan fingerprint density at radius 1 is 1.02 bits per heavy atom. The summed E-state index contributed by atoms with van der Waals surface area (Å²) >= 11 is 0. The monoisotopic (exact) mass is 681 g/mol. The molecule has 48 heavy (non-hydrogen) atoms.